The van der Waals surface area contributed by atoms with Gasteiger partial charge in [-0.1, -0.05) is 149 Å². The van der Waals surface area contributed by atoms with Crippen molar-refractivity contribution >= 4 is 5.91 Å². The maximum atomic E-state index is 12.8. The van der Waals surface area contributed by atoms with Gasteiger partial charge in [0.2, 0.25) is 5.91 Å². The molecule has 1 amide bonds. The summed E-state index contributed by atoms with van der Waals surface area (Å²) in [5.41, 5.74) is 0. The lowest BCUT2D eigenvalue weighted by atomic mass is 9.99. The molecule has 1 fully saturated rings. The van der Waals surface area contributed by atoms with Crippen molar-refractivity contribution in [2.45, 2.75) is 217 Å². The van der Waals surface area contributed by atoms with Gasteiger partial charge in [0.25, 0.3) is 0 Å². The van der Waals surface area contributed by atoms with E-state index < -0.39 is 55.6 Å². The molecule has 1 aliphatic heterocycles. The number of unbranched alkanes of at least 4 members (excludes halogenated alkanes) is 20. The summed E-state index contributed by atoms with van der Waals surface area (Å²) in [5, 5.41) is 64.0. The van der Waals surface area contributed by atoms with Crippen molar-refractivity contribution in [1.82, 2.24) is 5.32 Å². The van der Waals surface area contributed by atoms with Gasteiger partial charge in [-0.15, -0.1) is 0 Å². The maximum Gasteiger partial charge on any atom is 0.220 e. The lowest BCUT2D eigenvalue weighted by Gasteiger charge is -2.40. The molecule has 1 aliphatic rings. The first-order valence-electron chi connectivity index (χ1n) is 19.3. The molecule has 5 unspecified atom stereocenters. The Bertz CT molecular complexity index is 728. The van der Waals surface area contributed by atoms with E-state index in [0.717, 1.165) is 44.9 Å². The molecule has 0 bridgehead atoms. The number of hydrogen-bond acceptors (Lipinski definition) is 9. The van der Waals surface area contributed by atoms with E-state index in [1.165, 1.54) is 96.3 Å². The Morgan fingerprint density at radius 1 is 0.660 bits per heavy atom. The van der Waals surface area contributed by atoms with Gasteiger partial charge >= 0.3 is 0 Å². The Morgan fingerprint density at radius 2 is 1.11 bits per heavy atom. The van der Waals surface area contributed by atoms with E-state index in [1.54, 1.807) is 0 Å². The molecule has 0 spiro atoms. The van der Waals surface area contributed by atoms with Gasteiger partial charge in [-0.2, -0.15) is 0 Å². The van der Waals surface area contributed by atoms with Crippen LogP contribution in [-0.2, 0) is 14.3 Å². The Kier molecular flexibility index (Phi) is 27.2. The van der Waals surface area contributed by atoms with Crippen molar-refractivity contribution in [1.29, 1.82) is 0 Å². The highest BCUT2D eigenvalue weighted by Gasteiger charge is 2.44. The average Bonchev–Trinajstić information content (AvgIpc) is 3.07. The van der Waals surface area contributed by atoms with Gasteiger partial charge in [0.1, 0.15) is 30.5 Å². The summed E-state index contributed by atoms with van der Waals surface area (Å²) < 4.78 is 11.0. The zero-order chi connectivity index (χ0) is 34.7. The van der Waals surface area contributed by atoms with Crippen LogP contribution in [-0.4, -0.2) is 98.7 Å². The number of ether oxygens (including phenoxy) is 2. The predicted molar refractivity (Wildman–Crippen MR) is 186 cm³/mol. The number of hydrogen-bond donors (Lipinski definition) is 7. The zero-order valence-corrected chi connectivity index (χ0v) is 29.9. The molecule has 0 aromatic rings. The number of aliphatic hydroxyl groups excluding tert-OH is 6. The highest BCUT2D eigenvalue weighted by Crippen LogP contribution is 2.23. The van der Waals surface area contributed by atoms with Crippen LogP contribution in [0.2, 0.25) is 0 Å². The minimum Gasteiger partial charge on any atom is -0.394 e. The second-order valence-electron chi connectivity index (χ2n) is 13.9. The average molecular weight is 676 g/mol. The van der Waals surface area contributed by atoms with Crippen molar-refractivity contribution in [3.05, 3.63) is 0 Å². The van der Waals surface area contributed by atoms with Crippen LogP contribution in [0.5, 0.6) is 0 Å². The fourth-order valence-electron chi connectivity index (χ4n) is 6.31. The smallest absolute Gasteiger partial charge is 0.220 e. The highest BCUT2D eigenvalue weighted by atomic mass is 16.7. The van der Waals surface area contributed by atoms with Gasteiger partial charge in [-0.3, -0.25) is 4.79 Å². The fraction of sp³-hybridized carbons (Fsp3) is 0.973. The molecule has 0 aromatic carbocycles. The second-order valence-corrected chi connectivity index (χ2v) is 13.9. The molecular weight excluding hydrogens is 602 g/mol. The summed E-state index contributed by atoms with van der Waals surface area (Å²) >= 11 is 0. The number of carbonyl (C=O) groups excluding carboxylic acids is 1. The molecule has 1 heterocycles. The van der Waals surface area contributed by atoms with Crippen molar-refractivity contribution < 1.29 is 44.9 Å². The molecule has 10 nitrogen and oxygen atoms in total. The molecule has 7 N–H and O–H groups in total. The van der Waals surface area contributed by atoms with Crippen LogP contribution in [0.25, 0.3) is 0 Å². The molecule has 0 aromatic heterocycles. The van der Waals surface area contributed by atoms with Gasteiger partial charge < -0.3 is 45.4 Å². The van der Waals surface area contributed by atoms with Crippen LogP contribution in [0.15, 0.2) is 0 Å². The molecule has 8 atom stereocenters. The number of aliphatic hydroxyl groups is 6. The van der Waals surface area contributed by atoms with Crippen molar-refractivity contribution in [3.63, 3.8) is 0 Å². The van der Waals surface area contributed by atoms with Crippen molar-refractivity contribution in [2.75, 3.05) is 13.2 Å². The largest absolute Gasteiger partial charge is 0.394 e. The molecule has 0 saturated carbocycles. The fourth-order valence-corrected chi connectivity index (χ4v) is 6.31. The summed E-state index contributed by atoms with van der Waals surface area (Å²) in [6.45, 7) is 3.41. The summed E-state index contributed by atoms with van der Waals surface area (Å²) in [7, 11) is 0. The second kappa shape index (κ2) is 28.9. The van der Waals surface area contributed by atoms with Crippen LogP contribution in [0.1, 0.15) is 168 Å². The Labute approximate surface area is 286 Å². The van der Waals surface area contributed by atoms with Crippen LogP contribution >= 0.6 is 0 Å². The van der Waals surface area contributed by atoms with Gasteiger partial charge in [0.15, 0.2) is 6.29 Å². The lowest BCUT2D eigenvalue weighted by Crippen LogP contribution is -2.60. The van der Waals surface area contributed by atoms with E-state index in [0.29, 0.717) is 6.42 Å². The zero-order valence-electron chi connectivity index (χ0n) is 29.9. The summed E-state index contributed by atoms with van der Waals surface area (Å²) in [4.78, 5) is 12.8. The quantitative estimate of drug-likeness (QED) is 0.0475. The monoisotopic (exact) mass is 676 g/mol. The molecular formula is C37H73NO9. The van der Waals surface area contributed by atoms with Gasteiger partial charge in [0.05, 0.1) is 25.4 Å². The summed E-state index contributed by atoms with van der Waals surface area (Å²) in [6, 6.07) is -0.980. The third-order valence-electron chi connectivity index (χ3n) is 9.55. The summed E-state index contributed by atoms with van der Waals surface area (Å²) in [6.07, 6.45) is 17.9. The number of nitrogens with one attached hydrogen (secondary N) is 1. The number of amides is 1. The molecule has 1 rings (SSSR count). The number of carbonyl (C=O) groups is 1. The normalized spacial score (nSPS) is 23.4. The summed E-state index contributed by atoms with van der Waals surface area (Å²) in [5.74, 6) is -0.265. The third-order valence-corrected chi connectivity index (χ3v) is 9.55. The van der Waals surface area contributed by atoms with Gasteiger partial charge in [-0.25, -0.2) is 0 Å². The molecule has 0 aliphatic carbocycles. The van der Waals surface area contributed by atoms with Gasteiger partial charge in [0, 0.05) is 6.42 Å². The Hall–Kier alpha value is -0.850. The van der Waals surface area contributed by atoms with E-state index in [1.807, 2.05) is 6.92 Å². The first kappa shape index (κ1) is 44.2. The van der Waals surface area contributed by atoms with E-state index >= 15 is 0 Å². The highest BCUT2D eigenvalue weighted by molar-refractivity contribution is 5.76. The predicted octanol–water partition coefficient (Wildman–Crippen LogP) is 5.41. The lowest BCUT2D eigenvalue weighted by molar-refractivity contribution is -0.303. The molecule has 280 valence electrons. The molecule has 10 heteroatoms. The maximum absolute atomic E-state index is 12.8. The minimum absolute atomic E-state index is 0.265. The van der Waals surface area contributed by atoms with E-state index in [-0.39, 0.29) is 18.9 Å². The molecule has 47 heavy (non-hydrogen) atoms. The van der Waals surface area contributed by atoms with Crippen molar-refractivity contribution in [3.8, 4) is 0 Å². The first-order valence-corrected chi connectivity index (χ1v) is 19.3. The SMILES string of the molecule is CCCCCCCCCCCCCCCCCCCCCC(=O)N[C@@H](COC1OC(CO)C(O)C(O)C1O)[C@H](O)[C@H](O)CCCCC. The van der Waals surface area contributed by atoms with E-state index in [9.17, 15) is 35.4 Å². The molecule has 1 saturated heterocycles. The Balaban J connectivity index is 2.26. The topological polar surface area (TPSA) is 169 Å². The van der Waals surface area contributed by atoms with Crippen LogP contribution in [0.4, 0.5) is 0 Å². The molecule has 0 radical (unpaired) electrons. The number of rotatable bonds is 31. The van der Waals surface area contributed by atoms with E-state index in [2.05, 4.69) is 12.2 Å². The van der Waals surface area contributed by atoms with Crippen molar-refractivity contribution in [2.24, 2.45) is 0 Å². The van der Waals surface area contributed by atoms with Crippen LogP contribution in [0.3, 0.4) is 0 Å². The van der Waals surface area contributed by atoms with Crippen LogP contribution < -0.4 is 5.32 Å². The third kappa shape index (κ3) is 20.4. The standard InChI is InChI=1S/C37H73NO9/c1-3-5-7-8-9-10-11-12-13-14-15-16-17-18-19-20-21-22-24-26-32(41)38-29(33(42)30(40)25-23-6-4-2)28-46-37-36(45)35(44)34(43)31(27-39)47-37/h29-31,33-37,39-40,42-45H,3-28H2,1-2H3,(H,38,41)/t29-,30+,31?,33-,34?,35?,36?,37?/m0/s1. The van der Waals surface area contributed by atoms with Crippen LogP contribution in [0, 0.1) is 0 Å². The minimum atomic E-state index is -1.60. The Morgan fingerprint density at radius 3 is 1.57 bits per heavy atom. The van der Waals surface area contributed by atoms with E-state index in [4.69, 9.17) is 9.47 Å². The van der Waals surface area contributed by atoms with Gasteiger partial charge in [-0.05, 0) is 12.8 Å². The first-order chi connectivity index (χ1) is 22.8.